The van der Waals surface area contributed by atoms with Crippen LogP contribution < -0.4 is 0 Å². The average Bonchev–Trinajstić information content (AvgIpc) is 2.94. The lowest BCUT2D eigenvalue weighted by Crippen LogP contribution is -2.17. The Morgan fingerprint density at radius 2 is 1.67 bits per heavy atom. The zero-order chi connectivity index (χ0) is 14.5. The van der Waals surface area contributed by atoms with E-state index in [1.807, 2.05) is 30.3 Å². The second-order valence-corrected chi connectivity index (χ2v) is 5.70. The van der Waals surface area contributed by atoms with Crippen LogP contribution in [0.25, 0.3) is 0 Å². The highest BCUT2D eigenvalue weighted by atomic mass is 32.2. The Balaban J connectivity index is 1.63. The molecule has 3 rings (SSSR count). The molecule has 0 spiro atoms. The van der Waals surface area contributed by atoms with E-state index in [0.717, 1.165) is 17.7 Å². The van der Waals surface area contributed by atoms with Gasteiger partial charge in [-0.05, 0) is 29.2 Å². The van der Waals surface area contributed by atoms with E-state index in [1.54, 1.807) is 0 Å². The van der Waals surface area contributed by atoms with Gasteiger partial charge >= 0.3 is 0 Å². The minimum absolute atomic E-state index is 0.0913. The summed E-state index contributed by atoms with van der Waals surface area (Å²) >= 11 is 1.34. The molecule has 1 aliphatic rings. The quantitative estimate of drug-likeness (QED) is 0.370. The molecule has 0 saturated heterocycles. The molecule has 0 unspecified atom stereocenters. The third-order valence-corrected chi connectivity index (χ3v) is 4.13. The highest BCUT2D eigenvalue weighted by Gasteiger charge is 2.23. The first kappa shape index (κ1) is 13.8. The van der Waals surface area contributed by atoms with Crippen LogP contribution in [0.3, 0.4) is 0 Å². The number of hydrogen-bond acceptors (Lipinski definition) is 3. The van der Waals surface area contributed by atoms with E-state index in [0.29, 0.717) is 5.90 Å². The average molecular weight is 293 g/mol. The molecule has 0 heterocycles. The lowest BCUT2D eigenvalue weighted by molar-refractivity contribution is 0.204. The van der Waals surface area contributed by atoms with E-state index in [2.05, 4.69) is 34.6 Å². The fourth-order valence-electron chi connectivity index (χ4n) is 2.42. The van der Waals surface area contributed by atoms with Gasteiger partial charge in [0.2, 0.25) is 0 Å². The van der Waals surface area contributed by atoms with Crippen LogP contribution in [0.2, 0.25) is 0 Å². The first-order chi connectivity index (χ1) is 10.3. The topological polar surface area (TPSA) is 21.6 Å². The minimum atomic E-state index is 0.0913. The van der Waals surface area contributed by atoms with E-state index in [4.69, 9.17) is 11.2 Å². The van der Waals surface area contributed by atoms with Crippen molar-refractivity contribution in [2.75, 3.05) is 0 Å². The molecule has 0 radical (unpaired) electrons. The summed E-state index contributed by atoms with van der Waals surface area (Å²) in [7, 11) is 0. The van der Waals surface area contributed by atoms with Gasteiger partial charge in [-0.15, -0.1) is 6.42 Å². The van der Waals surface area contributed by atoms with Gasteiger partial charge in [0.05, 0.1) is 0 Å². The van der Waals surface area contributed by atoms with Gasteiger partial charge in [-0.2, -0.15) is 4.40 Å². The first-order valence-electron chi connectivity index (χ1n) is 6.85. The van der Waals surface area contributed by atoms with Gasteiger partial charge in [-0.25, -0.2) is 0 Å². The van der Waals surface area contributed by atoms with E-state index >= 15 is 0 Å². The summed E-state index contributed by atoms with van der Waals surface area (Å²) in [5.74, 6) is 2.90. The van der Waals surface area contributed by atoms with Crippen LogP contribution in [0.1, 0.15) is 11.1 Å². The third-order valence-electron chi connectivity index (χ3n) is 3.39. The summed E-state index contributed by atoms with van der Waals surface area (Å²) in [6.45, 7) is 0. The highest BCUT2D eigenvalue weighted by Crippen LogP contribution is 2.25. The van der Waals surface area contributed by atoms with Crippen molar-refractivity contribution in [3.63, 3.8) is 0 Å². The lowest BCUT2D eigenvalue weighted by Gasteiger charge is -2.11. The fourth-order valence-corrected chi connectivity index (χ4v) is 2.98. The maximum atomic E-state index is 5.86. The molecule has 104 valence electrons. The maximum Gasteiger partial charge on any atom is 0.275 e. The van der Waals surface area contributed by atoms with Crippen molar-refractivity contribution >= 4 is 17.8 Å². The minimum Gasteiger partial charge on any atom is -0.467 e. The van der Waals surface area contributed by atoms with Crippen molar-refractivity contribution in [3.05, 3.63) is 65.7 Å². The van der Waals surface area contributed by atoms with E-state index in [-0.39, 0.29) is 6.10 Å². The maximum absolute atomic E-state index is 5.86. The number of ether oxygens (including phenoxy) is 1. The Labute approximate surface area is 129 Å². The van der Waals surface area contributed by atoms with Crippen LogP contribution in [-0.4, -0.2) is 12.0 Å². The monoisotopic (exact) mass is 293 g/mol. The fraction of sp³-hybridized carbons (Fsp3) is 0.167. The zero-order valence-corrected chi connectivity index (χ0v) is 12.3. The Morgan fingerprint density at radius 3 is 2.29 bits per heavy atom. The van der Waals surface area contributed by atoms with Crippen LogP contribution in [0.4, 0.5) is 0 Å². The molecule has 2 aromatic rings. The Bertz CT molecular complexity index is 663. The van der Waals surface area contributed by atoms with Gasteiger partial charge < -0.3 is 4.74 Å². The Morgan fingerprint density at radius 1 is 1.05 bits per heavy atom. The SMILES string of the molecule is C#CC(=NSc1ccccc1)OC1Cc2ccccc2C1. The largest absolute Gasteiger partial charge is 0.467 e. The van der Waals surface area contributed by atoms with Gasteiger partial charge in [0, 0.05) is 29.7 Å². The summed E-state index contributed by atoms with van der Waals surface area (Å²) in [6, 6.07) is 18.3. The molecule has 3 heteroatoms. The molecule has 2 aromatic carbocycles. The second-order valence-electron chi connectivity index (χ2n) is 4.86. The summed E-state index contributed by atoms with van der Waals surface area (Å²) in [4.78, 5) is 1.04. The number of rotatable bonds is 3. The molecule has 0 fully saturated rings. The normalized spacial score (nSPS) is 14.5. The van der Waals surface area contributed by atoms with Crippen molar-refractivity contribution in [1.82, 2.24) is 0 Å². The van der Waals surface area contributed by atoms with Crippen LogP contribution in [0.15, 0.2) is 63.9 Å². The van der Waals surface area contributed by atoms with Crippen molar-refractivity contribution in [1.29, 1.82) is 0 Å². The van der Waals surface area contributed by atoms with E-state index in [1.165, 1.54) is 23.1 Å². The molecule has 0 saturated carbocycles. The molecule has 1 aliphatic carbocycles. The molecule has 2 nitrogen and oxygen atoms in total. The van der Waals surface area contributed by atoms with Crippen LogP contribution in [0.5, 0.6) is 0 Å². The van der Waals surface area contributed by atoms with Crippen molar-refractivity contribution < 1.29 is 4.74 Å². The molecule has 0 N–H and O–H groups in total. The number of nitrogens with zero attached hydrogens (tertiary/aromatic N) is 1. The smallest absolute Gasteiger partial charge is 0.275 e. The standard InChI is InChI=1S/C18H15NOS/c1-2-18(19-21-17-10-4-3-5-11-17)20-16-12-14-8-6-7-9-15(14)13-16/h1,3-11,16H,12-13H2. The number of fused-ring (bicyclic) bond motifs is 1. The second kappa shape index (κ2) is 6.51. The first-order valence-corrected chi connectivity index (χ1v) is 7.62. The Kier molecular flexibility index (Phi) is 4.28. The molecule has 21 heavy (non-hydrogen) atoms. The van der Waals surface area contributed by atoms with Gasteiger partial charge in [0.1, 0.15) is 6.10 Å². The van der Waals surface area contributed by atoms with E-state index < -0.39 is 0 Å². The summed E-state index contributed by atoms with van der Waals surface area (Å²) in [5, 5.41) is 0. The summed E-state index contributed by atoms with van der Waals surface area (Å²) in [5.41, 5.74) is 2.68. The molecule has 0 bridgehead atoms. The molecule has 0 aliphatic heterocycles. The highest BCUT2D eigenvalue weighted by molar-refractivity contribution is 7.98. The lowest BCUT2D eigenvalue weighted by atomic mass is 10.1. The summed E-state index contributed by atoms with van der Waals surface area (Å²) < 4.78 is 10.2. The van der Waals surface area contributed by atoms with Crippen molar-refractivity contribution in [3.8, 4) is 12.3 Å². The van der Waals surface area contributed by atoms with Crippen LogP contribution in [0, 0.1) is 12.3 Å². The predicted octanol–water partition coefficient (Wildman–Crippen LogP) is 3.91. The molecular weight excluding hydrogens is 278 g/mol. The van der Waals surface area contributed by atoms with Crippen molar-refractivity contribution in [2.45, 2.75) is 23.8 Å². The molecule has 0 atom stereocenters. The van der Waals surface area contributed by atoms with Crippen LogP contribution in [-0.2, 0) is 17.6 Å². The predicted molar refractivity (Wildman–Crippen MR) is 87.3 cm³/mol. The number of benzene rings is 2. The van der Waals surface area contributed by atoms with Crippen molar-refractivity contribution in [2.24, 2.45) is 4.40 Å². The van der Waals surface area contributed by atoms with Gasteiger partial charge in [-0.3, -0.25) is 0 Å². The zero-order valence-electron chi connectivity index (χ0n) is 11.5. The van der Waals surface area contributed by atoms with E-state index in [9.17, 15) is 0 Å². The van der Waals surface area contributed by atoms with Crippen LogP contribution >= 0.6 is 11.9 Å². The summed E-state index contributed by atoms with van der Waals surface area (Å²) in [6.07, 6.45) is 7.38. The van der Waals surface area contributed by atoms with Gasteiger partial charge in [0.15, 0.2) is 0 Å². The number of hydrogen-bond donors (Lipinski definition) is 0. The number of terminal acetylenes is 1. The third kappa shape index (κ3) is 3.48. The molecular formula is C18H15NOS. The molecule has 0 aromatic heterocycles. The van der Waals surface area contributed by atoms with Gasteiger partial charge in [0.25, 0.3) is 5.90 Å². The Hall–Kier alpha value is -2.18. The van der Waals surface area contributed by atoms with Gasteiger partial charge in [-0.1, -0.05) is 42.5 Å². The molecule has 0 amide bonds.